The Labute approximate surface area is 132 Å². The van der Waals surface area contributed by atoms with Gasteiger partial charge in [0.1, 0.15) is 0 Å². The van der Waals surface area contributed by atoms with Crippen LogP contribution in [0.2, 0.25) is 0 Å². The average Bonchev–Trinajstić information content (AvgIpc) is 2.86. The Balaban J connectivity index is 2.24. The number of hydrogen-bond acceptors (Lipinski definition) is 3. The van der Waals surface area contributed by atoms with Crippen molar-refractivity contribution in [2.75, 3.05) is 4.72 Å². The summed E-state index contributed by atoms with van der Waals surface area (Å²) in [5.74, 6) is 0.426. The molecule has 1 aromatic carbocycles. The molecule has 5 nitrogen and oxygen atoms in total. The van der Waals surface area contributed by atoms with Crippen LogP contribution < -0.4 is 4.72 Å². The highest BCUT2D eigenvalue weighted by molar-refractivity contribution is 7.92. The van der Waals surface area contributed by atoms with Gasteiger partial charge in [0.25, 0.3) is 10.0 Å². The van der Waals surface area contributed by atoms with Crippen LogP contribution in [0.3, 0.4) is 0 Å². The molecule has 2 rings (SSSR count). The van der Waals surface area contributed by atoms with Crippen LogP contribution in [0.25, 0.3) is 0 Å². The summed E-state index contributed by atoms with van der Waals surface area (Å²) < 4.78 is 29.2. The molecule has 120 valence electrons. The Bertz CT molecular complexity index is 733. The van der Waals surface area contributed by atoms with E-state index in [2.05, 4.69) is 23.7 Å². The molecule has 6 heteroatoms. The molecule has 22 heavy (non-hydrogen) atoms. The molecule has 0 fully saturated rings. The summed E-state index contributed by atoms with van der Waals surface area (Å²) in [6.45, 7) is 8.69. The molecule has 0 spiro atoms. The molecule has 0 bridgehead atoms. The minimum Gasteiger partial charge on any atom is -0.276 e. The van der Waals surface area contributed by atoms with Gasteiger partial charge in [-0.1, -0.05) is 26.0 Å². The maximum Gasteiger partial charge on any atom is 0.262 e. The largest absolute Gasteiger partial charge is 0.276 e. The fraction of sp³-hybridized carbons (Fsp3) is 0.438. The highest BCUT2D eigenvalue weighted by Crippen LogP contribution is 2.22. The van der Waals surface area contributed by atoms with Gasteiger partial charge in [0, 0.05) is 12.7 Å². The summed E-state index contributed by atoms with van der Waals surface area (Å²) in [6, 6.07) is 7.07. The molecule has 1 aromatic heterocycles. The molecular weight excluding hydrogens is 298 g/mol. The van der Waals surface area contributed by atoms with Crippen molar-refractivity contribution in [3.63, 3.8) is 0 Å². The lowest BCUT2D eigenvalue weighted by atomic mass is 9.99. The molecule has 0 radical (unpaired) electrons. The number of rotatable bonds is 6. The van der Waals surface area contributed by atoms with Gasteiger partial charge >= 0.3 is 0 Å². The lowest BCUT2D eigenvalue weighted by Crippen LogP contribution is -2.13. The van der Waals surface area contributed by atoms with E-state index in [0.29, 0.717) is 23.8 Å². The van der Waals surface area contributed by atoms with Crippen LogP contribution in [0.5, 0.6) is 0 Å². The molecule has 1 N–H and O–H groups in total. The summed E-state index contributed by atoms with van der Waals surface area (Å²) in [5.41, 5.74) is 2.34. The van der Waals surface area contributed by atoms with Gasteiger partial charge in [-0.15, -0.1) is 0 Å². The second-order valence-corrected chi connectivity index (χ2v) is 7.15. The zero-order valence-electron chi connectivity index (χ0n) is 13.5. The monoisotopic (exact) mass is 321 g/mol. The first-order valence-electron chi connectivity index (χ1n) is 7.54. The number of hydrogen-bond donors (Lipinski definition) is 1. The van der Waals surface area contributed by atoms with Crippen molar-refractivity contribution in [1.29, 1.82) is 0 Å². The maximum atomic E-state index is 12.5. The van der Waals surface area contributed by atoms with Gasteiger partial charge in [0.2, 0.25) is 0 Å². The summed E-state index contributed by atoms with van der Waals surface area (Å²) in [7, 11) is -3.58. The molecule has 0 aliphatic carbocycles. The average molecular weight is 321 g/mol. The van der Waals surface area contributed by atoms with Crippen LogP contribution in [0.15, 0.2) is 35.4 Å². The van der Waals surface area contributed by atoms with Crippen LogP contribution in [0, 0.1) is 6.92 Å². The van der Waals surface area contributed by atoms with Gasteiger partial charge in [0.05, 0.1) is 16.3 Å². The summed E-state index contributed by atoms with van der Waals surface area (Å²) in [5, 5.41) is 4.25. The first kappa shape index (κ1) is 16.5. The zero-order valence-corrected chi connectivity index (χ0v) is 14.3. The van der Waals surface area contributed by atoms with Crippen molar-refractivity contribution in [2.45, 2.75) is 51.5 Å². The minimum absolute atomic E-state index is 0.267. The Hall–Kier alpha value is -1.82. The number of aromatic nitrogens is 2. The summed E-state index contributed by atoms with van der Waals surface area (Å²) in [6.07, 6.45) is 2.74. The second-order valence-electron chi connectivity index (χ2n) is 5.47. The van der Waals surface area contributed by atoms with E-state index in [-0.39, 0.29) is 4.90 Å². The topological polar surface area (TPSA) is 64.0 Å². The smallest absolute Gasteiger partial charge is 0.262 e. The van der Waals surface area contributed by atoms with Crippen LogP contribution in [-0.4, -0.2) is 18.2 Å². The molecule has 1 atom stereocenters. The highest BCUT2D eigenvalue weighted by Gasteiger charge is 2.17. The first-order valence-corrected chi connectivity index (χ1v) is 9.02. The van der Waals surface area contributed by atoms with Gasteiger partial charge in [0.15, 0.2) is 0 Å². The SMILES string of the molecule is CCC(C)c1ccc(S(=O)(=O)Nc2cn(CC)nc2C)cc1. The van der Waals surface area contributed by atoms with E-state index in [4.69, 9.17) is 0 Å². The van der Waals surface area contributed by atoms with Crippen LogP contribution in [0.4, 0.5) is 5.69 Å². The van der Waals surface area contributed by atoms with E-state index >= 15 is 0 Å². The van der Waals surface area contributed by atoms with Crippen LogP contribution in [-0.2, 0) is 16.6 Å². The van der Waals surface area contributed by atoms with E-state index in [1.54, 1.807) is 29.9 Å². The maximum absolute atomic E-state index is 12.5. The van der Waals surface area contributed by atoms with Crippen molar-refractivity contribution in [1.82, 2.24) is 9.78 Å². The van der Waals surface area contributed by atoms with E-state index in [9.17, 15) is 8.42 Å². The number of benzene rings is 1. The Morgan fingerprint density at radius 2 is 1.86 bits per heavy atom. The van der Waals surface area contributed by atoms with Crippen molar-refractivity contribution >= 4 is 15.7 Å². The standard InChI is InChI=1S/C16H23N3O2S/c1-5-12(3)14-7-9-15(10-8-14)22(20,21)18-16-11-19(6-2)17-13(16)4/h7-12,18H,5-6H2,1-4H3. The fourth-order valence-electron chi connectivity index (χ4n) is 2.19. The lowest BCUT2D eigenvalue weighted by Gasteiger charge is -2.11. The third-order valence-corrected chi connectivity index (χ3v) is 5.27. The van der Waals surface area contributed by atoms with E-state index in [1.807, 2.05) is 19.1 Å². The van der Waals surface area contributed by atoms with Gasteiger partial charge in [-0.25, -0.2) is 8.42 Å². The Kier molecular flexibility index (Phi) is 4.90. The van der Waals surface area contributed by atoms with Gasteiger partial charge < -0.3 is 0 Å². The third kappa shape index (κ3) is 3.50. The molecule has 0 saturated heterocycles. The molecule has 0 saturated carbocycles. The predicted octanol–water partition coefficient (Wildman–Crippen LogP) is 3.53. The number of nitrogens with one attached hydrogen (secondary N) is 1. The Morgan fingerprint density at radius 3 is 2.36 bits per heavy atom. The van der Waals surface area contributed by atoms with Crippen molar-refractivity contribution < 1.29 is 8.42 Å². The van der Waals surface area contributed by atoms with Crippen molar-refractivity contribution in [2.24, 2.45) is 0 Å². The fourth-order valence-corrected chi connectivity index (χ4v) is 3.30. The molecular formula is C16H23N3O2S. The van der Waals surface area contributed by atoms with Crippen LogP contribution in [0.1, 0.15) is 44.4 Å². The quantitative estimate of drug-likeness (QED) is 0.885. The van der Waals surface area contributed by atoms with Crippen molar-refractivity contribution in [3.05, 3.63) is 41.7 Å². The van der Waals surface area contributed by atoms with Gasteiger partial charge in [-0.3, -0.25) is 9.40 Å². The molecule has 0 aliphatic rings. The molecule has 0 aliphatic heterocycles. The molecule has 2 aromatic rings. The zero-order chi connectivity index (χ0) is 16.3. The highest BCUT2D eigenvalue weighted by atomic mass is 32.2. The number of anilines is 1. The molecule has 0 amide bonds. The van der Waals surface area contributed by atoms with Crippen LogP contribution >= 0.6 is 0 Å². The molecule has 1 unspecified atom stereocenters. The predicted molar refractivity (Wildman–Crippen MR) is 88.6 cm³/mol. The number of aryl methyl sites for hydroxylation is 2. The summed E-state index contributed by atoms with van der Waals surface area (Å²) >= 11 is 0. The van der Waals surface area contributed by atoms with Gasteiger partial charge in [-0.05, 0) is 43.9 Å². The van der Waals surface area contributed by atoms with E-state index < -0.39 is 10.0 Å². The van der Waals surface area contributed by atoms with E-state index in [1.165, 1.54) is 0 Å². The second kappa shape index (κ2) is 6.52. The molecule has 1 heterocycles. The number of sulfonamides is 1. The minimum atomic E-state index is -3.58. The number of nitrogens with zero attached hydrogens (tertiary/aromatic N) is 2. The lowest BCUT2D eigenvalue weighted by molar-refractivity contribution is 0.601. The Morgan fingerprint density at radius 1 is 1.23 bits per heavy atom. The van der Waals surface area contributed by atoms with Crippen molar-refractivity contribution in [3.8, 4) is 0 Å². The first-order chi connectivity index (χ1) is 10.4. The van der Waals surface area contributed by atoms with E-state index in [0.717, 1.165) is 12.0 Å². The third-order valence-electron chi connectivity index (χ3n) is 3.89. The normalized spacial score (nSPS) is 13.1. The van der Waals surface area contributed by atoms with Gasteiger partial charge in [-0.2, -0.15) is 5.10 Å². The summed E-state index contributed by atoms with van der Waals surface area (Å²) in [4.78, 5) is 0.267.